The molecule has 7 heteroatoms. The van der Waals surface area contributed by atoms with Gasteiger partial charge in [-0.1, -0.05) is 23.7 Å². The third kappa shape index (κ3) is 5.95. The molecule has 0 atom stereocenters. The van der Waals surface area contributed by atoms with Gasteiger partial charge in [0.05, 0.1) is 5.02 Å². The van der Waals surface area contributed by atoms with Crippen molar-refractivity contribution in [3.05, 3.63) is 64.4 Å². The van der Waals surface area contributed by atoms with E-state index in [0.717, 1.165) is 17.7 Å². The van der Waals surface area contributed by atoms with Crippen LogP contribution in [0.15, 0.2) is 42.5 Å². The van der Waals surface area contributed by atoms with Crippen LogP contribution >= 0.6 is 11.6 Å². The molecular formula is C22H24ClFN2O3. The lowest BCUT2D eigenvalue weighted by Crippen LogP contribution is -2.35. The van der Waals surface area contributed by atoms with Crippen LogP contribution in [0.5, 0.6) is 11.5 Å². The number of benzene rings is 2. The lowest BCUT2D eigenvalue weighted by Gasteiger charge is -2.23. The Morgan fingerprint density at radius 2 is 1.86 bits per heavy atom. The van der Waals surface area contributed by atoms with Crippen molar-refractivity contribution in [1.82, 2.24) is 9.80 Å². The molecular weight excluding hydrogens is 395 g/mol. The summed E-state index contributed by atoms with van der Waals surface area (Å²) in [5.41, 5.74) is 1.62. The third-order valence-corrected chi connectivity index (χ3v) is 4.73. The minimum Gasteiger partial charge on any atom is -0.486 e. The zero-order valence-electron chi connectivity index (χ0n) is 16.5. The maximum absolute atomic E-state index is 13.2. The van der Waals surface area contributed by atoms with Gasteiger partial charge in [-0.3, -0.25) is 4.79 Å². The molecule has 1 aliphatic rings. The predicted molar refractivity (Wildman–Crippen MR) is 112 cm³/mol. The van der Waals surface area contributed by atoms with Crippen LogP contribution in [-0.2, 0) is 11.3 Å². The second kappa shape index (κ2) is 9.76. The molecule has 0 radical (unpaired) electrons. The molecule has 0 bridgehead atoms. The summed E-state index contributed by atoms with van der Waals surface area (Å²) in [6.07, 6.45) is 3.22. The van der Waals surface area contributed by atoms with Crippen molar-refractivity contribution in [3.8, 4) is 11.5 Å². The summed E-state index contributed by atoms with van der Waals surface area (Å²) in [7, 11) is 3.90. The van der Waals surface area contributed by atoms with Crippen molar-refractivity contribution in [1.29, 1.82) is 0 Å². The Labute approximate surface area is 175 Å². The summed E-state index contributed by atoms with van der Waals surface area (Å²) >= 11 is 6.26. The van der Waals surface area contributed by atoms with Crippen molar-refractivity contribution in [3.63, 3.8) is 0 Å². The van der Waals surface area contributed by atoms with Gasteiger partial charge >= 0.3 is 0 Å². The average molecular weight is 419 g/mol. The summed E-state index contributed by atoms with van der Waals surface area (Å²) in [4.78, 5) is 16.6. The number of halogens is 2. The number of carbonyl (C=O) groups excluding carboxylic acids is 1. The predicted octanol–water partition coefficient (Wildman–Crippen LogP) is 3.85. The van der Waals surface area contributed by atoms with Crippen molar-refractivity contribution in [2.45, 2.75) is 6.54 Å². The van der Waals surface area contributed by atoms with Gasteiger partial charge in [-0.2, -0.15) is 0 Å². The number of amides is 1. The number of hydrogen-bond donors (Lipinski definition) is 0. The summed E-state index contributed by atoms with van der Waals surface area (Å²) in [5, 5.41) is 0.449. The first-order valence-corrected chi connectivity index (χ1v) is 9.75. The molecule has 0 aromatic heterocycles. The molecule has 1 aliphatic heterocycles. The van der Waals surface area contributed by atoms with Gasteiger partial charge < -0.3 is 19.3 Å². The van der Waals surface area contributed by atoms with E-state index >= 15 is 0 Å². The van der Waals surface area contributed by atoms with Crippen LogP contribution in [0.4, 0.5) is 4.39 Å². The maximum atomic E-state index is 13.2. The lowest BCUT2D eigenvalue weighted by atomic mass is 10.1. The third-order valence-electron chi connectivity index (χ3n) is 4.45. The molecule has 1 heterocycles. The molecule has 0 aliphatic carbocycles. The van der Waals surface area contributed by atoms with Crippen LogP contribution in [0.1, 0.15) is 11.1 Å². The van der Waals surface area contributed by atoms with E-state index in [0.29, 0.717) is 42.8 Å². The highest BCUT2D eigenvalue weighted by molar-refractivity contribution is 6.32. The zero-order valence-corrected chi connectivity index (χ0v) is 17.3. The minimum atomic E-state index is -0.296. The molecule has 154 valence electrons. The quantitative estimate of drug-likeness (QED) is 0.640. The summed E-state index contributed by atoms with van der Waals surface area (Å²) in [6.45, 7) is 2.60. The van der Waals surface area contributed by atoms with E-state index in [1.54, 1.807) is 35.2 Å². The van der Waals surface area contributed by atoms with E-state index in [-0.39, 0.29) is 11.7 Å². The summed E-state index contributed by atoms with van der Waals surface area (Å²) in [6, 6.07) is 9.72. The van der Waals surface area contributed by atoms with Crippen LogP contribution in [0.25, 0.3) is 6.08 Å². The first kappa shape index (κ1) is 21.1. The highest BCUT2D eigenvalue weighted by Gasteiger charge is 2.16. The van der Waals surface area contributed by atoms with Crippen LogP contribution < -0.4 is 9.47 Å². The summed E-state index contributed by atoms with van der Waals surface area (Å²) in [5.74, 6) is 0.675. The van der Waals surface area contributed by atoms with E-state index in [4.69, 9.17) is 21.1 Å². The monoisotopic (exact) mass is 418 g/mol. The standard InChI is InChI=1S/C22H24ClFN2O3/c1-25(2)9-10-26(15-16-3-6-18(24)7-4-16)21(27)8-5-17-13-19(23)22-20(14-17)28-11-12-29-22/h3-8,13-14H,9-12,15H2,1-2H3. The minimum absolute atomic E-state index is 0.137. The van der Waals surface area contributed by atoms with Gasteiger partial charge in [0, 0.05) is 25.7 Å². The lowest BCUT2D eigenvalue weighted by molar-refractivity contribution is -0.126. The smallest absolute Gasteiger partial charge is 0.246 e. The Kier molecular flexibility index (Phi) is 7.12. The van der Waals surface area contributed by atoms with Crippen molar-refractivity contribution >= 4 is 23.6 Å². The van der Waals surface area contributed by atoms with Gasteiger partial charge in [0.2, 0.25) is 5.91 Å². The number of fused-ring (bicyclic) bond motifs is 1. The normalized spacial score (nSPS) is 13.1. The van der Waals surface area contributed by atoms with Gasteiger partial charge in [-0.25, -0.2) is 4.39 Å². The van der Waals surface area contributed by atoms with Crippen molar-refractivity contribution in [2.75, 3.05) is 40.4 Å². The second-order valence-corrected chi connectivity index (χ2v) is 7.46. The van der Waals surface area contributed by atoms with Gasteiger partial charge in [-0.15, -0.1) is 0 Å². The van der Waals surface area contributed by atoms with Crippen molar-refractivity contribution < 1.29 is 18.7 Å². The fourth-order valence-corrected chi connectivity index (χ4v) is 3.17. The van der Waals surface area contributed by atoms with Crippen LogP contribution in [-0.4, -0.2) is 56.1 Å². The van der Waals surface area contributed by atoms with E-state index < -0.39 is 0 Å². The molecule has 0 N–H and O–H groups in total. The SMILES string of the molecule is CN(C)CCN(Cc1ccc(F)cc1)C(=O)C=Cc1cc(Cl)c2c(c1)OCCO2. The fraction of sp³-hybridized carbons (Fsp3) is 0.318. The van der Waals surface area contributed by atoms with Crippen LogP contribution in [0.2, 0.25) is 5.02 Å². The summed E-state index contributed by atoms with van der Waals surface area (Å²) < 4.78 is 24.3. The molecule has 2 aromatic carbocycles. The Hall–Kier alpha value is -2.57. The number of carbonyl (C=O) groups is 1. The van der Waals surface area contributed by atoms with Crippen LogP contribution in [0.3, 0.4) is 0 Å². The maximum Gasteiger partial charge on any atom is 0.246 e. The molecule has 1 amide bonds. The largest absolute Gasteiger partial charge is 0.486 e. The molecule has 0 saturated heterocycles. The van der Waals surface area contributed by atoms with Gasteiger partial charge in [0.1, 0.15) is 19.0 Å². The van der Waals surface area contributed by atoms with Gasteiger partial charge in [-0.05, 0) is 55.6 Å². The highest BCUT2D eigenvalue weighted by Crippen LogP contribution is 2.38. The number of likely N-dealkylation sites (N-methyl/N-ethyl adjacent to an activating group) is 1. The first-order chi connectivity index (χ1) is 13.9. The van der Waals surface area contributed by atoms with E-state index in [1.165, 1.54) is 18.2 Å². The molecule has 5 nitrogen and oxygen atoms in total. The average Bonchev–Trinajstić information content (AvgIpc) is 2.70. The van der Waals surface area contributed by atoms with E-state index in [2.05, 4.69) is 0 Å². The topological polar surface area (TPSA) is 42.0 Å². The number of rotatable bonds is 7. The number of nitrogens with zero attached hydrogens (tertiary/aromatic N) is 2. The molecule has 29 heavy (non-hydrogen) atoms. The Morgan fingerprint density at radius 3 is 2.59 bits per heavy atom. The Bertz CT molecular complexity index is 884. The molecule has 2 aromatic rings. The first-order valence-electron chi connectivity index (χ1n) is 9.37. The molecule has 0 fully saturated rings. The zero-order chi connectivity index (χ0) is 20.8. The Balaban J connectivity index is 1.74. The number of ether oxygens (including phenoxy) is 2. The van der Waals surface area contributed by atoms with Gasteiger partial charge in [0.15, 0.2) is 11.5 Å². The van der Waals surface area contributed by atoms with Gasteiger partial charge in [0.25, 0.3) is 0 Å². The Morgan fingerprint density at radius 1 is 1.14 bits per heavy atom. The van der Waals surface area contributed by atoms with E-state index in [9.17, 15) is 9.18 Å². The van der Waals surface area contributed by atoms with Crippen LogP contribution in [0, 0.1) is 5.82 Å². The number of hydrogen-bond acceptors (Lipinski definition) is 4. The molecule has 0 saturated carbocycles. The molecule has 0 unspecified atom stereocenters. The van der Waals surface area contributed by atoms with E-state index in [1.807, 2.05) is 19.0 Å². The highest BCUT2D eigenvalue weighted by atomic mass is 35.5. The second-order valence-electron chi connectivity index (χ2n) is 7.05. The molecule has 3 rings (SSSR count). The fourth-order valence-electron chi connectivity index (χ4n) is 2.90. The molecule has 0 spiro atoms. The van der Waals surface area contributed by atoms with Crippen molar-refractivity contribution in [2.24, 2.45) is 0 Å².